The molecule has 2 aliphatic rings. The number of amides is 1. The Balaban J connectivity index is 1.38. The van der Waals surface area contributed by atoms with E-state index >= 15 is 0 Å². The highest BCUT2D eigenvalue weighted by Crippen LogP contribution is 2.28. The van der Waals surface area contributed by atoms with E-state index in [4.69, 9.17) is 0 Å². The van der Waals surface area contributed by atoms with Gasteiger partial charge in [0.05, 0.1) is 18.1 Å². The smallest absolute Gasteiger partial charge is 0.223 e. The molecule has 2 aromatic heterocycles. The molecule has 4 rings (SSSR count). The molecule has 3 heterocycles. The number of likely N-dealkylation sites (tertiary alicyclic amines) is 1. The molecule has 1 saturated heterocycles. The molecule has 2 fully saturated rings. The molecule has 0 bridgehead atoms. The van der Waals surface area contributed by atoms with Gasteiger partial charge in [-0.3, -0.25) is 4.79 Å². The second-order valence-electron chi connectivity index (χ2n) is 9.48. The normalized spacial score (nSPS) is 22.4. The van der Waals surface area contributed by atoms with Gasteiger partial charge >= 0.3 is 0 Å². The van der Waals surface area contributed by atoms with E-state index in [1.54, 1.807) is 6.20 Å². The number of anilines is 1. The molecule has 2 aromatic rings. The summed E-state index contributed by atoms with van der Waals surface area (Å²) in [5, 5.41) is 6.58. The predicted molar refractivity (Wildman–Crippen MR) is 122 cm³/mol. The van der Waals surface area contributed by atoms with Crippen molar-refractivity contribution in [2.24, 2.45) is 5.92 Å². The van der Waals surface area contributed by atoms with Crippen molar-refractivity contribution in [3.8, 4) is 11.4 Å². The van der Waals surface area contributed by atoms with Gasteiger partial charge in [0.1, 0.15) is 11.5 Å². The minimum Gasteiger partial charge on any atom is -0.353 e. The van der Waals surface area contributed by atoms with E-state index in [1.165, 1.54) is 6.20 Å². The number of imidazole rings is 1. The van der Waals surface area contributed by atoms with E-state index in [9.17, 15) is 9.18 Å². The van der Waals surface area contributed by atoms with Crippen LogP contribution in [0.4, 0.5) is 10.3 Å². The maximum atomic E-state index is 14.6. The van der Waals surface area contributed by atoms with Crippen molar-refractivity contribution in [2.45, 2.75) is 71.0 Å². The Kier molecular flexibility index (Phi) is 6.74. The predicted octanol–water partition coefficient (Wildman–Crippen LogP) is 3.16. The zero-order chi connectivity index (χ0) is 22.8. The fraction of sp³-hybridized carbons (Fsp3) is 0.652. The lowest BCUT2D eigenvalue weighted by molar-refractivity contribution is -0.127. The Morgan fingerprint density at radius 1 is 1.12 bits per heavy atom. The van der Waals surface area contributed by atoms with Crippen molar-refractivity contribution in [3.63, 3.8) is 0 Å². The number of aromatic nitrogens is 4. The molecule has 1 saturated carbocycles. The summed E-state index contributed by atoms with van der Waals surface area (Å²) in [6.07, 6.45) is 7.38. The number of rotatable bonds is 6. The van der Waals surface area contributed by atoms with Crippen molar-refractivity contribution >= 4 is 11.9 Å². The van der Waals surface area contributed by atoms with Crippen molar-refractivity contribution in [1.29, 1.82) is 0 Å². The van der Waals surface area contributed by atoms with Gasteiger partial charge in [0, 0.05) is 24.0 Å². The zero-order valence-corrected chi connectivity index (χ0v) is 19.4. The van der Waals surface area contributed by atoms with Crippen LogP contribution in [0.25, 0.3) is 11.4 Å². The van der Waals surface area contributed by atoms with E-state index in [0.29, 0.717) is 11.6 Å². The lowest BCUT2D eigenvalue weighted by Crippen LogP contribution is -2.42. The van der Waals surface area contributed by atoms with Crippen LogP contribution in [0.3, 0.4) is 0 Å². The summed E-state index contributed by atoms with van der Waals surface area (Å²) in [6.45, 7) is 7.93. The van der Waals surface area contributed by atoms with Gasteiger partial charge in [-0.25, -0.2) is 19.3 Å². The average molecular weight is 444 g/mol. The molecule has 2 N–H and O–H groups in total. The molecular formula is C23H34FN7O. The molecule has 8 nitrogen and oxygen atoms in total. The van der Waals surface area contributed by atoms with Crippen LogP contribution in [0.5, 0.6) is 0 Å². The SMILES string of the molecule is Cc1ncc(-c2nc(N[C@H]3CC[C@@H](NC(=O)C4CCN(C)CC4)C3)ncc2F)n1C(C)C. The number of carbonyl (C=O) groups excluding carboxylic acids is 1. The lowest BCUT2D eigenvalue weighted by Gasteiger charge is -2.29. The van der Waals surface area contributed by atoms with Crippen molar-refractivity contribution < 1.29 is 9.18 Å². The third-order valence-electron chi connectivity index (χ3n) is 6.69. The Bertz CT molecular complexity index is 952. The number of carbonyl (C=O) groups is 1. The monoisotopic (exact) mass is 443 g/mol. The summed E-state index contributed by atoms with van der Waals surface area (Å²) in [7, 11) is 2.10. The molecule has 0 radical (unpaired) electrons. The van der Waals surface area contributed by atoms with Crippen LogP contribution in [0, 0.1) is 18.7 Å². The molecule has 9 heteroatoms. The largest absolute Gasteiger partial charge is 0.353 e. The molecule has 0 spiro atoms. The topological polar surface area (TPSA) is 88.0 Å². The number of hydrogen-bond donors (Lipinski definition) is 2. The second-order valence-corrected chi connectivity index (χ2v) is 9.48. The number of aryl methyl sites for hydroxylation is 1. The maximum Gasteiger partial charge on any atom is 0.223 e. The summed E-state index contributed by atoms with van der Waals surface area (Å²) in [4.78, 5) is 27.9. The maximum absolute atomic E-state index is 14.6. The van der Waals surface area contributed by atoms with Crippen LogP contribution >= 0.6 is 0 Å². The van der Waals surface area contributed by atoms with E-state index < -0.39 is 5.82 Å². The Morgan fingerprint density at radius 3 is 2.56 bits per heavy atom. The molecule has 0 unspecified atom stereocenters. The number of nitrogens with zero attached hydrogens (tertiary/aromatic N) is 5. The first-order valence-electron chi connectivity index (χ1n) is 11.6. The van der Waals surface area contributed by atoms with Crippen LogP contribution in [0.15, 0.2) is 12.4 Å². The van der Waals surface area contributed by atoms with Gasteiger partial charge in [0.2, 0.25) is 11.9 Å². The van der Waals surface area contributed by atoms with E-state index in [-0.39, 0.29) is 35.6 Å². The molecule has 2 atom stereocenters. The summed E-state index contributed by atoms with van der Waals surface area (Å²) in [6, 6.07) is 0.444. The quantitative estimate of drug-likeness (QED) is 0.713. The van der Waals surface area contributed by atoms with Crippen LogP contribution < -0.4 is 10.6 Å². The minimum atomic E-state index is -0.466. The Labute approximate surface area is 189 Å². The molecule has 1 aliphatic carbocycles. The average Bonchev–Trinajstić information content (AvgIpc) is 3.36. The summed E-state index contributed by atoms with van der Waals surface area (Å²) in [5.41, 5.74) is 0.900. The summed E-state index contributed by atoms with van der Waals surface area (Å²) >= 11 is 0. The van der Waals surface area contributed by atoms with Gasteiger partial charge < -0.3 is 20.1 Å². The van der Waals surface area contributed by atoms with Crippen LogP contribution in [-0.2, 0) is 4.79 Å². The van der Waals surface area contributed by atoms with Gasteiger partial charge in [-0.1, -0.05) is 0 Å². The number of nitrogens with one attached hydrogen (secondary N) is 2. The third kappa shape index (κ3) is 4.92. The third-order valence-corrected chi connectivity index (χ3v) is 6.69. The Morgan fingerprint density at radius 2 is 1.84 bits per heavy atom. The van der Waals surface area contributed by atoms with Crippen LogP contribution in [0.1, 0.15) is 57.8 Å². The molecule has 0 aromatic carbocycles. The van der Waals surface area contributed by atoms with Crippen molar-refractivity contribution in [1.82, 2.24) is 29.7 Å². The molecular weight excluding hydrogens is 409 g/mol. The number of halogens is 1. The summed E-state index contributed by atoms with van der Waals surface area (Å²) in [5.74, 6) is 1.06. The second kappa shape index (κ2) is 9.52. The lowest BCUT2D eigenvalue weighted by atomic mass is 9.96. The van der Waals surface area contributed by atoms with Crippen molar-refractivity contribution in [2.75, 3.05) is 25.5 Å². The van der Waals surface area contributed by atoms with Gasteiger partial charge in [-0.15, -0.1) is 0 Å². The molecule has 174 valence electrons. The first-order chi connectivity index (χ1) is 15.3. The van der Waals surface area contributed by atoms with E-state index in [1.807, 2.05) is 25.3 Å². The number of piperidine rings is 1. The van der Waals surface area contributed by atoms with Gasteiger partial charge in [-0.2, -0.15) is 0 Å². The first kappa shape index (κ1) is 22.6. The van der Waals surface area contributed by atoms with Gasteiger partial charge in [-0.05, 0) is 73.0 Å². The highest BCUT2D eigenvalue weighted by atomic mass is 19.1. The first-order valence-corrected chi connectivity index (χ1v) is 11.6. The van der Waals surface area contributed by atoms with Gasteiger partial charge in [0.15, 0.2) is 5.82 Å². The van der Waals surface area contributed by atoms with E-state index in [2.05, 4.69) is 37.5 Å². The Hall–Kier alpha value is -2.55. The minimum absolute atomic E-state index is 0.121. The fourth-order valence-corrected chi connectivity index (χ4v) is 4.91. The number of hydrogen-bond acceptors (Lipinski definition) is 6. The molecule has 1 amide bonds. The standard InChI is InChI=1S/C23H34FN7O/c1-14(2)31-15(3)25-13-20(31)21-19(24)12-26-23(29-21)28-18-6-5-17(11-18)27-22(32)16-7-9-30(4)10-8-16/h12-14,16-18H,5-11H2,1-4H3,(H,27,32)(H,26,28,29)/t17-,18+/m1/s1. The molecule has 1 aliphatic heterocycles. The van der Waals surface area contributed by atoms with Crippen molar-refractivity contribution in [3.05, 3.63) is 24.0 Å². The summed E-state index contributed by atoms with van der Waals surface area (Å²) < 4.78 is 16.6. The van der Waals surface area contributed by atoms with E-state index in [0.717, 1.165) is 51.0 Å². The van der Waals surface area contributed by atoms with Crippen LogP contribution in [-0.4, -0.2) is 62.5 Å². The molecule has 32 heavy (non-hydrogen) atoms. The van der Waals surface area contributed by atoms with Crippen LogP contribution in [0.2, 0.25) is 0 Å². The fourth-order valence-electron chi connectivity index (χ4n) is 4.91. The highest BCUT2D eigenvalue weighted by Gasteiger charge is 2.30. The van der Waals surface area contributed by atoms with Gasteiger partial charge in [0.25, 0.3) is 0 Å². The highest BCUT2D eigenvalue weighted by molar-refractivity contribution is 5.79. The zero-order valence-electron chi connectivity index (χ0n) is 19.4.